The maximum absolute atomic E-state index is 9.96. The Hall–Kier alpha value is -0.340. The van der Waals surface area contributed by atoms with Crippen molar-refractivity contribution in [2.75, 3.05) is 0 Å². The van der Waals surface area contributed by atoms with Crippen LogP contribution >= 0.6 is 0 Å². The van der Waals surface area contributed by atoms with Crippen LogP contribution in [0.2, 0.25) is 0 Å². The molecule has 0 amide bonds. The average molecular weight is 153 g/mol. The molecule has 0 spiro atoms. The van der Waals surface area contributed by atoms with Gasteiger partial charge in [-0.2, -0.15) is 0 Å². The number of rotatable bonds is 0. The zero-order valence-corrected chi connectivity index (χ0v) is 6.88. The lowest BCUT2D eigenvalue weighted by Gasteiger charge is -2.45. The molecular formula is C9H15NO. The first-order valence-electron chi connectivity index (χ1n) is 4.29. The van der Waals surface area contributed by atoms with Crippen molar-refractivity contribution in [2.45, 2.75) is 37.8 Å². The third kappa shape index (κ3) is 0.932. The van der Waals surface area contributed by atoms with E-state index in [1.165, 1.54) is 5.57 Å². The summed E-state index contributed by atoms with van der Waals surface area (Å²) >= 11 is 0. The van der Waals surface area contributed by atoms with E-state index in [0.717, 1.165) is 19.3 Å². The molecule has 1 fully saturated rings. The summed E-state index contributed by atoms with van der Waals surface area (Å²) in [5, 5.41) is 9.96. The summed E-state index contributed by atoms with van der Waals surface area (Å²) in [6.07, 6.45) is 4.91. The van der Waals surface area contributed by atoms with Gasteiger partial charge in [-0.15, -0.1) is 0 Å². The molecule has 0 aliphatic heterocycles. The Labute approximate surface area is 67.1 Å². The van der Waals surface area contributed by atoms with Crippen LogP contribution in [-0.2, 0) is 0 Å². The fourth-order valence-corrected chi connectivity index (χ4v) is 2.32. The topological polar surface area (TPSA) is 46.2 Å². The highest BCUT2D eigenvalue weighted by Crippen LogP contribution is 2.42. The van der Waals surface area contributed by atoms with Crippen LogP contribution < -0.4 is 5.73 Å². The predicted molar refractivity (Wildman–Crippen MR) is 44.0 cm³/mol. The minimum Gasteiger partial charge on any atom is -0.384 e. The summed E-state index contributed by atoms with van der Waals surface area (Å²) in [7, 11) is 0. The molecule has 1 saturated carbocycles. The van der Waals surface area contributed by atoms with Crippen LogP contribution in [0.15, 0.2) is 11.6 Å². The molecule has 3 N–H and O–H groups in total. The van der Waals surface area contributed by atoms with Gasteiger partial charge in [-0.3, -0.25) is 0 Å². The lowest BCUT2D eigenvalue weighted by molar-refractivity contribution is 0.00648. The number of nitrogens with two attached hydrogens (primary N) is 1. The number of aliphatic hydroxyl groups is 1. The summed E-state index contributed by atoms with van der Waals surface area (Å²) in [4.78, 5) is 0. The molecule has 0 heterocycles. The second-order valence-electron chi connectivity index (χ2n) is 3.96. The van der Waals surface area contributed by atoms with Gasteiger partial charge < -0.3 is 10.8 Å². The van der Waals surface area contributed by atoms with Crippen LogP contribution in [-0.4, -0.2) is 16.7 Å². The van der Waals surface area contributed by atoms with Crippen molar-refractivity contribution in [1.82, 2.24) is 0 Å². The Kier molecular flexibility index (Phi) is 1.38. The first-order valence-corrected chi connectivity index (χ1v) is 4.29. The van der Waals surface area contributed by atoms with E-state index >= 15 is 0 Å². The van der Waals surface area contributed by atoms with Crippen LogP contribution in [0.3, 0.4) is 0 Å². The Balaban J connectivity index is 2.37. The van der Waals surface area contributed by atoms with Gasteiger partial charge in [0.15, 0.2) is 0 Å². The zero-order valence-electron chi connectivity index (χ0n) is 6.88. The Morgan fingerprint density at radius 1 is 1.73 bits per heavy atom. The van der Waals surface area contributed by atoms with Crippen LogP contribution in [0.1, 0.15) is 26.2 Å². The minimum absolute atomic E-state index is 0.0232. The third-order valence-corrected chi connectivity index (χ3v) is 3.20. The average Bonchev–Trinajstić information content (AvgIpc) is 1.92. The lowest BCUT2D eigenvalue weighted by Crippen LogP contribution is -2.54. The molecule has 0 aromatic carbocycles. The van der Waals surface area contributed by atoms with Crippen LogP contribution in [0.4, 0.5) is 0 Å². The summed E-state index contributed by atoms with van der Waals surface area (Å²) in [5.41, 5.74) is 6.49. The van der Waals surface area contributed by atoms with Gasteiger partial charge in [-0.05, 0) is 32.1 Å². The number of hydrogen-bond donors (Lipinski definition) is 2. The van der Waals surface area contributed by atoms with Gasteiger partial charge in [0.1, 0.15) is 0 Å². The molecule has 2 bridgehead atoms. The number of hydrogen-bond acceptors (Lipinski definition) is 2. The smallest absolute Gasteiger partial charge is 0.0980 e. The van der Waals surface area contributed by atoms with Gasteiger partial charge in [0, 0.05) is 6.04 Å². The number of fused-ring (bicyclic) bond motifs is 2. The van der Waals surface area contributed by atoms with Gasteiger partial charge in [0.25, 0.3) is 0 Å². The molecule has 0 radical (unpaired) electrons. The van der Waals surface area contributed by atoms with E-state index in [4.69, 9.17) is 5.73 Å². The van der Waals surface area contributed by atoms with Crippen LogP contribution in [0.5, 0.6) is 0 Å². The van der Waals surface area contributed by atoms with Crippen molar-refractivity contribution in [2.24, 2.45) is 11.7 Å². The van der Waals surface area contributed by atoms with E-state index in [1.54, 1.807) is 0 Å². The van der Waals surface area contributed by atoms with Crippen molar-refractivity contribution in [3.8, 4) is 0 Å². The zero-order chi connectivity index (χ0) is 8.06. The Morgan fingerprint density at radius 2 is 2.45 bits per heavy atom. The maximum atomic E-state index is 9.96. The molecule has 3 aliphatic rings. The number of allylic oxidation sites excluding steroid dienone is 1. The van der Waals surface area contributed by atoms with Crippen LogP contribution in [0, 0.1) is 5.92 Å². The highest BCUT2D eigenvalue weighted by molar-refractivity contribution is 5.24. The Morgan fingerprint density at radius 3 is 2.82 bits per heavy atom. The summed E-state index contributed by atoms with van der Waals surface area (Å²) < 4.78 is 0. The van der Waals surface area contributed by atoms with Gasteiger partial charge in [0.2, 0.25) is 0 Å². The molecule has 2 heteroatoms. The molecule has 0 aromatic heterocycles. The second-order valence-corrected chi connectivity index (χ2v) is 3.96. The van der Waals surface area contributed by atoms with E-state index in [1.807, 2.05) is 6.08 Å². The molecule has 3 rings (SSSR count). The molecule has 62 valence electrons. The maximum Gasteiger partial charge on any atom is 0.0980 e. The first-order chi connectivity index (χ1) is 5.12. The predicted octanol–water partition coefficient (Wildman–Crippen LogP) is 0.805. The lowest BCUT2D eigenvalue weighted by atomic mass is 9.67. The molecule has 3 unspecified atom stereocenters. The summed E-state index contributed by atoms with van der Waals surface area (Å²) in [6.45, 7) is 2.10. The molecule has 3 atom stereocenters. The minimum atomic E-state index is -0.668. The van der Waals surface area contributed by atoms with Crippen molar-refractivity contribution in [1.29, 1.82) is 0 Å². The van der Waals surface area contributed by atoms with Gasteiger partial charge in [0.05, 0.1) is 5.60 Å². The normalized spacial score (nSPS) is 49.2. The molecular weight excluding hydrogens is 138 g/mol. The van der Waals surface area contributed by atoms with Gasteiger partial charge in [-0.25, -0.2) is 0 Å². The van der Waals surface area contributed by atoms with Crippen LogP contribution in [0.25, 0.3) is 0 Å². The monoisotopic (exact) mass is 153 g/mol. The van der Waals surface area contributed by atoms with Crippen molar-refractivity contribution >= 4 is 0 Å². The Bertz CT molecular complexity index is 212. The molecule has 3 aliphatic carbocycles. The molecule has 11 heavy (non-hydrogen) atoms. The SMILES string of the molecule is CC1=CC2(O)CCC1CC2N. The summed E-state index contributed by atoms with van der Waals surface area (Å²) in [5.74, 6) is 0.652. The quantitative estimate of drug-likeness (QED) is 0.506. The van der Waals surface area contributed by atoms with E-state index < -0.39 is 5.60 Å². The third-order valence-electron chi connectivity index (χ3n) is 3.20. The first kappa shape index (κ1) is 7.32. The van der Waals surface area contributed by atoms with E-state index in [9.17, 15) is 5.11 Å². The van der Waals surface area contributed by atoms with E-state index in [-0.39, 0.29) is 6.04 Å². The molecule has 2 nitrogen and oxygen atoms in total. The fraction of sp³-hybridized carbons (Fsp3) is 0.778. The fourth-order valence-electron chi connectivity index (χ4n) is 2.32. The van der Waals surface area contributed by atoms with Crippen molar-refractivity contribution < 1.29 is 5.11 Å². The van der Waals surface area contributed by atoms with Crippen molar-refractivity contribution in [3.63, 3.8) is 0 Å². The van der Waals surface area contributed by atoms with Gasteiger partial charge in [-0.1, -0.05) is 11.6 Å². The standard InChI is InChI=1S/C9H15NO/c1-6-5-9(11)3-2-7(6)4-8(9)10/h5,7-8,11H,2-4,10H2,1H3. The summed E-state index contributed by atoms with van der Waals surface area (Å²) in [6, 6.07) is -0.0232. The van der Waals surface area contributed by atoms with Gasteiger partial charge >= 0.3 is 0 Å². The highest BCUT2D eigenvalue weighted by Gasteiger charge is 2.43. The highest BCUT2D eigenvalue weighted by atomic mass is 16.3. The van der Waals surface area contributed by atoms with E-state index in [0.29, 0.717) is 5.92 Å². The molecule has 0 saturated heterocycles. The molecule has 0 aromatic rings. The van der Waals surface area contributed by atoms with E-state index in [2.05, 4.69) is 6.92 Å². The second kappa shape index (κ2) is 2.08. The van der Waals surface area contributed by atoms with Crippen molar-refractivity contribution in [3.05, 3.63) is 11.6 Å². The largest absolute Gasteiger partial charge is 0.384 e.